The topological polar surface area (TPSA) is 83.8 Å². The molecule has 0 saturated heterocycles. The number of rotatable bonds is 6. The molecule has 0 aliphatic carbocycles. The Morgan fingerprint density at radius 1 is 1.62 bits per heavy atom. The lowest BCUT2D eigenvalue weighted by molar-refractivity contribution is -0.120. The van der Waals surface area contributed by atoms with Gasteiger partial charge in [0.25, 0.3) is 0 Å². The van der Waals surface area contributed by atoms with Crippen LogP contribution in [0.1, 0.15) is 39.5 Å². The number of nitrogens with zero attached hydrogens (tertiary/aromatic N) is 1. The first kappa shape index (κ1) is 12.5. The first-order valence-corrected chi connectivity index (χ1v) is 5.78. The number of aromatic nitrogens is 2. The predicted molar refractivity (Wildman–Crippen MR) is 64.9 cm³/mol. The summed E-state index contributed by atoms with van der Waals surface area (Å²) in [6.07, 6.45) is 5.44. The normalized spacial score (nSPS) is 12.4. The molecule has 5 nitrogen and oxygen atoms in total. The summed E-state index contributed by atoms with van der Waals surface area (Å²) in [5, 5.41) is 9.19. The Hall–Kier alpha value is -1.52. The largest absolute Gasteiger partial charge is 0.394 e. The van der Waals surface area contributed by atoms with E-state index in [1.54, 1.807) is 0 Å². The van der Waals surface area contributed by atoms with E-state index < -0.39 is 0 Å². The van der Waals surface area contributed by atoms with Gasteiger partial charge in [-0.3, -0.25) is 9.89 Å². The quantitative estimate of drug-likeness (QED) is 0.692. The minimum Gasteiger partial charge on any atom is -0.394 e. The third-order valence-electron chi connectivity index (χ3n) is 2.69. The maximum Gasteiger partial charge on any atom is 0.228 e. The van der Waals surface area contributed by atoms with Crippen molar-refractivity contribution in [3.63, 3.8) is 0 Å². The summed E-state index contributed by atoms with van der Waals surface area (Å²) in [5.41, 5.74) is 6.09. The van der Waals surface area contributed by atoms with Crippen LogP contribution in [0, 0.1) is 5.92 Å². The third kappa shape index (κ3) is 3.25. The van der Waals surface area contributed by atoms with Crippen LogP contribution in [0.4, 0.5) is 11.5 Å². The molecule has 5 heteroatoms. The van der Waals surface area contributed by atoms with Crippen LogP contribution >= 0.6 is 0 Å². The van der Waals surface area contributed by atoms with Crippen LogP contribution in [0.15, 0.2) is 6.20 Å². The summed E-state index contributed by atoms with van der Waals surface area (Å²) in [4.78, 5) is 11.9. The van der Waals surface area contributed by atoms with Gasteiger partial charge in [0.05, 0.1) is 11.9 Å². The van der Waals surface area contributed by atoms with Gasteiger partial charge in [-0.2, -0.15) is 5.10 Å². The van der Waals surface area contributed by atoms with Crippen molar-refractivity contribution < 1.29 is 4.79 Å². The molecule has 0 spiro atoms. The number of hydrogen-bond acceptors (Lipinski definition) is 3. The van der Waals surface area contributed by atoms with E-state index in [2.05, 4.69) is 22.4 Å². The summed E-state index contributed by atoms with van der Waals surface area (Å²) < 4.78 is 0. The van der Waals surface area contributed by atoms with Crippen molar-refractivity contribution in [1.29, 1.82) is 0 Å². The van der Waals surface area contributed by atoms with Crippen molar-refractivity contribution >= 4 is 17.4 Å². The van der Waals surface area contributed by atoms with Crippen LogP contribution < -0.4 is 11.1 Å². The molecule has 1 atom stereocenters. The van der Waals surface area contributed by atoms with Gasteiger partial charge in [0.2, 0.25) is 5.91 Å². The van der Waals surface area contributed by atoms with E-state index in [0.29, 0.717) is 11.5 Å². The van der Waals surface area contributed by atoms with Crippen molar-refractivity contribution in [2.45, 2.75) is 39.5 Å². The second kappa shape index (κ2) is 6.15. The Labute approximate surface area is 95.8 Å². The van der Waals surface area contributed by atoms with Crippen molar-refractivity contribution in [3.8, 4) is 0 Å². The second-order valence-electron chi connectivity index (χ2n) is 3.94. The fourth-order valence-corrected chi connectivity index (χ4v) is 1.59. The number of nitrogens with two attached hydrogens (primary N) is 1. The van der Waals surface area contributed by atoms with E-state index in [9.17, 15) is 4.79 Å². The van der Waals surface area contributed by atoms with Crippen LogP contribution in [0.25, 0.3) is 0 Å². The molecule has 1 aromatic heterocycles. The maximum atomic E-state index is 11.9. The number of H-pyrrole nitrogens is 1. The number of carbonyl (C=O) groups excluding carboxylic acids is 1. The third-order valence-corrected chi connectivity index (χ3v) is 2.69. The minimum absolute atomic E-state index is 0.0203. The molecule has 0 saturated carbocycles. The molecular formula is C11H20N4O. The molecule has 90 valence electrons. The number of aromatic amines is 1. The molecule has 16 heavy (non-hydrogen) atoms. The van der Waals surface area contributed by atoms with Crippen LogP contribution in [0.5, 0.6) is 0 Å². The van der Waals surface area contributed by atoms with E-state index in [-0.39, 0.29) is 11.8 Å². The van der Waals surface area contributed by atoms with Gasteiger partial charge < -0.3 is 11.1 Å². The number of anilines is 2. The SMILES string of the molecule is CCCCC(CC)C(=O)Nc1[nH]ncc1N. The fraction of sp³-hybridized carbons (Fsp3) is 0.636. The highest BCUT2D eigenvalue weighted by Crippen LogP contribution is 2.18. The molecule has 1 heterocycles. The molecule has 0 radical (unpaired) electrons. The van der Waals surface area contributed by atoms with Gasteiger partial charge in [-0.05, 0) is 12.8 Å². The average molecular weight is 224 g/mol. The molecule has 0 fully saturated rings. The van der Waals surface area contributed by atoms with Gasteiger partial charge in [-0.1, -0.05) is 26.7 Å². The molecule has 0 aromatic carbocycles. The summed E-state index contributed by atoms with van der Waals surface area (Å²) in [6.45, 7) is 4.15. The standard InChI is InChI=1S/C11H20N4O/c1-3-5-6-8(4-2)11(16)14-10-9(12)7-13-15-10/h7-8H,3-6,12H2,1-2H3,(H2,13,14,15,16). The molecule has 1 unspecified atom stereocenters. The number of hydrogen-bond donors (Lipinski definition) is 3. The average Bonchev–Trinajstić information content (AvgIpc) is 2.65. The van der Waals surface area contributed by atoms with Crippen LogP contribution in [-0.2, 0) is 4.79 Å². The predicted octanol–water partition coefficient (Wildman–Crippen LogP) is 2.15. The van der Waals surface area contributed by atoms with Crippen molar-refractivity contribution in [2.75, 3.05) is 11.1 Å². The number of amides is 1. The van der Waals surface area contributed by atoms with Gasteiger partial charge in [-0.25, -0.2) is 0 Å². The first-order chi connectivity index (χ1) is 7.69. The Bertz CT molecular complexity index is 334. The fourth-order valence-electron chi connectivity index (χ4n) is 1.59. The van der Waals surface area contributed by atoms with Crippen LogP contribution in [0.3, 0.4) is 0 Å². The highest BCUT2D eigenvalue weighted by Gasteiger charge is 2.17. The molecule has 0 bridgehead atoms. The molecule has 1 amide bonds. The van der Waals surface area contributed by atoms with Crippen molar-refractivity contribution in [1.82, 2.24) is 10.2 Å². The highest BCUT2D eigenvalue weighted by atomic mass is 16.1. The summed E-state index contributed by atoms with van der Waals surface area (Å²) in [6, 6.07) is 0. The van der Waals surface area contributed by atoms with Gasteiger partial charge in [-0.15, -0.1) is 0 Å². The Morgan fingerprint density at radius 2 is 2.38 bits per heavy atom. The number of carbonyl (C=O) groups is 1. The van der Waals surface area contributed by atoms with E-state index in [0.717, 1.165) is 25.7 Å². The van der Waals surface area contributed by atoms with Crippen LogP contribution in [-0.4, -0.2) is 16.1 Å². The highest BCUT2D eigenvalue weighted by molar-refractivity contribution is 5.93. The Morgan fingerprint density at radius 3 is 2.88 bits per heavy atom. The molecule has 1 rings (SSSR count). The lowest BCUT2D eigenvalue weighted by atomic mass is 9.98. The monoisotopic (exact) mass is 224 g/mol. The second-order valence-corrected chi connectivity index (χ2v) is 3.94. The van der Waals surface area contributed by atoms with E-state index in [1.165, 1.54) is 6.20 Å². The molecule has 1 aromatic rings. The smallest absolute Gasteiger partial charge is 0.228 e. The minimum atomic E-state index is 0.0203. The zero-order valence-electron chi connectivity index (χ0n) is 9.92. The first-order valence-electron chi connectivity index (χ1n) is 5.78. The molecule has 4 N–H and O–H groups in total. The number of nitrogens with one attached hydrogen (secondary N) is 2. The van der Waals surface area contributed by atoms with Crippen molar-refractivity contribution in [2.24, 2.45) is 5.92 Å². The lowest BCUT2D eigenvalue weighted by Gasteiger charge is -2.13. The number of nitrogen functional groups attached to an aromatic ring is 1. The Balaban J connectivity index is 2.52. The van der Waals surface area contributed by atoms with Gasteiger partial charge in [0, 0.05) is 5.92 Å². The molecule has 0 aliphatic heterocycles. The summed E-state index contributed by atoms with van der Waals surface area (Å²) in [5.74, 6) is 0.578. The van der Waals surface area contributed by atoms with E-state index >= 15 is 0 Å². The zero-order valence-corrected chi connectivity index (χ0v) is 9.92. The summed E-state index contributed by atoms with van der Waals surface area (Å²) in [7, 11) is 0. The van der Waals surface area contributed by atoms with Crippen molar-refractivity contribution in [3.05, 3.63) is 6.20 Å². The maximum absolute atomic E-state index is 11.9. The van der Waals surface area contributed by atoms with Gasteiger partial charge >= 0.3 is 0 Å². The zero-order chi connectivity index (χ0) is 12.0. The van der Waals surface area contributed by atoms with Crippen LogP contribution in [0.2, 0.25) is 0 Å². The van der Waals surface area contributed by atoms with Gasteiger partial charge in [0.15, 0.2) is 5.82 Å². The van der Waals surface area contributed by atoms with E-state index in [4.69, 9.17) is 5.73 Å². The lowest BCUT2D eigenvalue weighted by Crippen LogP contribution is -2.23. The molecular weight excluding hydrogens is 204 g/mol. The Kier molecular flexibility index (Phi) is 4.82. The summed E-state index contributed by atoms with van der Waals surface area (Å²) >= 11 is 0. The van der Waals surface area contributed by atoms with Gasteiger partial charge in [0.1, 0.15) is 0 Å². The molecule has 0 aliphatic rings. The number of unbranched alkanes of at least 4 members (excludes halogenated alkanes) is 1. The van der Waals surface area contributed by atoms with E-state index in [1.807, 2.05) is 6.92 Å².